The highest BCUT2D eigenvalue weighted by Gasteiger charge is 2.04. The van der Waals surface area contributed by atoms with Crippen LogP contribution in [0.5, 0.6) is 0 Å². The van der Waals surface area contributed by atoms with Gasteiger partial charge >= 0.3 is 0 Å². The minimum atomic E-state index is -0.135. The van der Waals surface area contributed by atoms with Crippen molar-refractivity contribution in [2.45, 2.75) is 0 Å². The van der Waals surface area contributed by atoms with Crippen molar-refractivity contribution >= 4 is 16.7 Å². The van der Waals surface area contributed by atoms with Crippen LogP contribution >= 0.6 is 0 Å². The van der Waals surface area contributed by atoms with Gasteiger partial charge in [-0.15, -0.1) is 6.42 Å². The Kier molecular flexibility index (Phi) is 2.88. The number of rotatable bonds is 2. The quantitative estimate of drug-likeness (QED) is 0.755. The number of benzene rings is 2. The third kappa shape index (κ3) is 2.04. The number of hydrogen-bond donors (Lipinski definition) is 1. The molecule has 0 aliphatic rings. The van der Waals surface area contributed by atoms with Gasteiger partial charge in [-0.3, -0.25) is 4.79 Å². The lowest BCUT2D eigenvalue weighted by Gasteiger charge is -2.03. The summed E-state index contributed by atoms with van der Waals surface area (Å²) in [6.07, 6.45) is 5.08. The zero-order valence-electron chi connectivity index (χ0n) is 8.73. The molecule has 1 N–H and O–H groups in total. The van der Waals surface area contributed by atoms with E-state index < -0.39 is 0 Å². The normalized spacial score (nSPS) is 9.69. The van der Waals surface area contributed by atoms with Gasteiger partial charge < -0.3 is 5.32 Å². The molecule has 1 amide bonds. The largest absolute Gasteiger partial charge is 0.341 e. The molecule has 0 unspecified atom stereocenters. The van der Waals surface area contributed by atoms with E-state index in [4.69, 9.17) is 6.42 Å². The van der Waals surface area contributed by atoms with E-state index in [1.807, 2.05) is 36.4 Å². The Morgan fingerprint density at radius 3 is 2.69 bits per heavy atom. The van der Waals surface area contributed by atoms with Crippen LogP contribution in [-0.2, 0) is 0 Å². The smallest absolute Gasteiger partial charge is 0.252 e. The average molecular weight is 209 g/mol. The molecule has 2 heteroatoms. The van der Waals surface area contributed by atoms with Gasteiger partial charge in [0, 0.05) is 5.56 Å². The highest BCUT2D eigenvalue weighted by Crippen LogP contribution is 2.15. The number of carbonyl (C=O) groups excluding carboxylic acids is 1. The lowest BCUT2D eigenvalue weighted by molar-refractivity contribution is 0.0959. The topological polar surface area (TPSA) is 29.1 Å². The van der Waals surface area contributed by atoms with Gasteiger partial charge in [-0.1, -0.05) is 36.3 Å². The number of terminal acetylenes is 1. The highest BCUT2D eigenvalue weighted by molar-refractivity contribution is 5.98. The van der Waals surface area contributed by atoms with Crippen LogP contribution in [0.1, 0.15) is 10.4 Å². The number of hydrogen-bond acceptors (Lipinski definition) is 1. The SMILES string of the molecule is C#CCNC(=O)c1ccc2ccccc2c1. The van der Waals surface area contributed by atoms with E-state index in [2.05, 4.69) is 11.2 Å². The third-order valence-corrected chi connectivity index (χ3v) is 2.36. The van der Waals surface area contributed by atoms with Crippen molar-refractivity contribution in [2.24, 2.45) is 0 Å². The van der Waals surface area contributed by atoms with Crippen molar-refractivity contribution < 1.29 is 4.79 Å². The van der Waals surface area contributed by atoms with Crippen LogP contribution in [0.15, 0.2) is 42.5 Å². The molecule has 0 fully saturated rings. The molecule has 0 aromatic heterocycles. The monoisotopic (exact) mass is 209 g/mol. The standard InChI is InChI=1S/C14H11NO/c1-2-9-15-14(16)13-8-7-11-5-3-4-6-12(11)10-13/h1,3-8,10H,9H2,(H,15,16). The van der Waals surface area contributed by atoms with Gasteiger partial charge in [0.15, 0.2) is 0 Å². The summed E-state index contributed by atoms with van der Waals surface area (Å²) < 4.78 is 0. The Labute approximate surface area is 94.3 Å². The van der Waals surface area contributed by atoms with Crippen LogP contribution in [0.4, 0.5) is 0 Å². The zero-order chi connectivity index (χ0) is 11.4. The van der Waals surface area contributed by atoms with Gasteiger partial charge in [0.2, 0.25) is 0 Å². The van der Waals surface area contributed by atoms with Gasteiger partial charge in [0.05, 0.1) is 6.54 Å². The van der Waals surface area contributed by atoms with E-state index in [1.165, 1.54) is 0 Å². The summed E-state index contributed by atoms with van der Waals surface area (Å²) in [7, 11) is 0. The first kappa shape index (κ1) is 10.3. The molecule has 0 radical (unpaired) electrons. The van der Waals surface area contributed by atoms with Crippen LogP contribution in [0, 0.1) is 12.3 Å². The lowest BCUT2D eigenvalue weighted by atomic mass is 10.1. The van der Waals surface area contributed by atoms with E-state index in [-0.39, 0.29) is 12.5 Å². The minimum Gasteiger partial charge on any atom is -0.341 e. The molecule has 0 saturated heterocycles. The Bertz CT molecular complexity index is 566. The Morgan fingerprint density at radius 2 is 1.94 bits per heavy atom. The summed E-state index contributed by atoms with van der Waals surface area (Å²) >= 11 is 0. The third-order valence-electron chi connectivity index (χ3n) is 2.36. The minimum absolute atomic E-state index is 0.135. The predicted octanol–water partition coefficient (Wildman–Crippen LogP) is 2.20. The Hall–Kier alpha value is -2.27. The first-order valence-corrected chi connectivity index (χ1v) is 5.02. The van der Waals surface area contributed by atoms with Crippen LogP contribution in [0.2, 0.25) is 0 Å². The fourth-order valence-corrected chi connectivity index (χ4v) is 1.56. The maximum Gasteiger partial charge on any atom is 0.252 e. The fraction of sp³-hybridized carbons (Fsp3) is 0.0714. The molecule has 0 aliphatic carbocycles. The van der Waals surface area contributed by atoms with Gasteiger partial charge in [-0.25, -0.2) is 0 Å². The van der Waals surface area contributed by atoms with Crippen LogP contribution in [-0.4, -0.2) is 12.5 Å². The van der Waals surface area contributed by atoms with Crippen molar-refractivity contribution in [1.82, 2.24) is 5.32 Å². The van der Waals surface area contributed by atoms with Crippen LogP contribution in [0.3, 0.4) is 0 Å². The summed E-state index contributed by atoms with van der Waals surface area (Å²) in [5, 5.41) is 4.81. The second-order valence-electron chi connectivity index (χ2n) is 3.45. The maximum atomic E-state index is 11.6. The Morgan fingerprint density at radius 1 is 1.19 bits per heavy atom. The highest BCUT2D eigenvalue weighted by atomic mass is 16.1. The molecule has 0 heterocycles. The first-order chi connectivity index (χ1) is 7.81. The maximum absolute atomic E-state index is 11.6. The van der Waals surface area contributed by atoms with E-state index in [0.29, 0.717) is 5.56 Å². The average Bonchev–Trinajstić information content (AvgIpc) is 2.35. The molecule has 0 aliphatic heterocycles. The van der Waals surface area contributed by atoms with E-state index in [9.17, 15) is 4.79 Å². The first-order valence-electron chi connectivity index (χ1n) is 5.02. The molecular formula is C14H11NO. The summed E-state index contributed by atoms with van der Waals surface area (Å²) in [4.78, 5) is 11.6. The molecular weight excluding hydrogens is 198 g/mol. The molecule has 2 aromatic carbocycles. The molecule has 0 bridgehead atoms. The lowest BCUT2D eigenvalue weighted by Crippen LogP contribution is -2.23. The van der Waals surface area contributed by atoms with E-state index in [0.717, 1.165) is 10.8 Å². The van der Waals surface area contributed by atoms with E-state index >= 15 is 0 Å². The molecule has 0 saturated carbocycles. The fourth-order valence-electron chi connectivity index (χ4n) is 1.56. The summed E-state index contributed by atoms with van der Waals surface area (Å²) in [6, 6.07) is 13.5. The van der Waals surface area contributed by atoms with Crippen molar-refractivity contribution in [3.8, 4) is 12.3 Å². The van der Waals surface area contributed by atoms with Crippen molar-refractivity contribution in [3.05, 3.63) is 48.0 Å². The Balaban J connectivity index is 2.33. The van der Waals surface area contributed by atoms with Crippen LogP contribution in [0.25, 0.3) is 10.8 Å². The molecule has 2 aromatic rings. The number of carbonyl (C=O) groups is 1. The van der Waals surface area contributed by atoms with Crippen molar-refractivity contribution in [3.63, 3.8) is 0 Å². The number of fused-ring (bicyclic) bond motifs is 1. The number of nitrogens with one attached hydrogen (secondary N) is 1. The van der Waals surface area contributed by atoms with Gasteiger partial charge in [-0.05, 0) is 22.9 Å². The molecule has 16 heavy (non-hydrogen) atoms. The molecule has 2 rings (SSSR count). The molecule has 0 spiro atoms. The summed E-state index contributed by atoms with van der Waals surface area (Å²) in [5.41, 5.74) is 0.633. The van der Waals surface area contributed by atoms with Gasteiger partial charge in [0.1, 0.15) is 0 Å². The molecule has 0 atom stereocenters. The van der Waals surface area contributed by atoms with E-state index in [1.54, 1.807) is 6.07 Å². The second-order valence-corrected chi connectivity index (χ2v) is 3.45. The van der Waals surface area contributed by atoms with Crippen molar-refractivity contribution in [2.75, 3.05) is 6.54 Å². The zero-order valence-corrected chi connectivity index (χ0v) is 8.73. The number of amides is 1. The van der Waals surface area contributed by atoms with Crippen LogP contribution < -0.4 is 5.32 Å². The second kappa shape index (κ2) is 4.50. The van der Waals surface area contributed by atoms with Gasteiger partial charge in [-0.2, -0.15) is 0 Å². The molecule has 78 valence electrons. The molecule has 2 nitrogen and oxygen atoms in total. The van der Waals surface area contributed by atoms with Gasteiger partial charge in [0.25, 0.3) is 5.91 Å². The summed E-state index contributed by atoms with van der Waals surface area (Å²) in [6.45, 7) is 0.256. The predicted molar refractivity (Wildman–Crippen MR) is 65.1 cm³/mol. The summed E-state index contributed by atoms with van der Waals surface area (Å²) in [5.74, 6) is 2.24. The van der Waals surface area contributed by atoms with Crippen molar-refractivity contribution in [1.29, 1.82) is 0 Å².